The molecule has 0 saturated heterocycles. The molecule has 26 heteroatoms. The fourth-order valence-electron chi connectivity index (χ4n) is 9.26. The topological polar surface area (TPSA) is 362 Å². The van der Waals surface area contributed by atoms with E-state index in [0.717, 1.165) is 38.5 Å². The van der Waals surface area contributed by atoms with Gasteiger partial charge >= 0.3 is 24.1 Å². The van der Waals surface area contributed by atoms with Crippen molar-refractivity contribution in [1.82, 2.24) is 53.2 Å². The van der Waals surface area contributed by atoms with E-state index in [1.54, 1.807) is 96.9 Å². The Kier molecular flexibility index (Phi) is 28.1. The largest absolute Gasteiger partial charge is 0.467 e. The fraction of sp³-hybridized carbons (Fsp3) is 0.793. The first-order valence-corrected chi connectivity index (χ1v) is 28.9. The Bertz CT molecular complexity index is 2180. The number of ether oxygens (including phenoxy) is 4. The monoisotopic (exact) mass is 1190 g/mol. The first-order valence-electron chi connectivity index (χ1n) is 28.9. The molecule has 0 spiro atoms. The Labute approximate surface area is 496 Å². The number of hydrogen-bond acceptors (Lipinski definition) is 16. The van der Waals surface area contributed by atoms with Crippen LogP contribution >= 0.6 is 0 Å². The third kappa shape index (κ3) is 26.4. The minimum absolute atomic E-state index is 0.0835. The summed E-state index contributed by atoms with van der Waals surface area (Å²) in [5, 5.41) is 26.6. The summed E-state index contributed by atoms with van der Waals surface area (Å²) in [6, 6.07) is -3.65. The van der Waals surface area contributed by atoms with Crippen LogP contribution in [-0.4, -0.2) is 156 Å². The molecule has 2 saturated carbocycles. The van der Waals surface area contributed by atoms with Crippen LogP contribution in [0.15, 0.2) is 0 Å². The number of esters is 2. The molecule has 10 amide bonds. The fourth-order valence-corrected chi connectivity index (χ4v) is 9.26. The van der Waals surface area contributed by atoms with Crippen molar-refractivity contribution in [3.63, 3.8) is 0 Å². The third-order valence-corrected chi connectivity index (χ3v) is 14.3. The molecule has 0 bridgehead atoms. The molecular weight excluding hydrogens is 1090 g/mol. The van der Waals surface area contributed by atoms with Crippen molar-refractivity contribution in [2.45, 2.75) is 259 Å². The highest BCUT2D eigenvalue weighted by Crippen LogP contribution is 2.40. The second-order valence-corrected chi connectivity index (χ2v) is 26.6. The molecule has 2 rings (SSSR count). The summed E-state index contributed by atoms with van der Waals surface area (Å²) in [7, 11) is 2.44. The van der Waals surface area contributed by atoms with E-state index < -0.39 is 128 Å². The molecule has 0 aromatic rings. The molecule has 2 aliphatic rings. The molecule has 84 heavy (non-hydrogen) atoms. The second-order valence-electron chi connectivity index (χ2n) is 26.6. The van der Waals surface area contributed by atoms with Gasteiger partial charge in [0.05, 0.1) is 14.2 Å². The second kappa shape index (κ2) is 31.4. The quantitative estimate of drug-likeness (QED) is 0.0487. The van der Waals surface area contributed by atoms with Gasteiger partial charge in [-0.25, -0.2) is 19.2 Å². The lowest BCUT2D eigenvalue weighted by Gasteiger charge is -2.39. The Balaban J connectivity index is 0.000000840. The number of nitrogens with one attached hydrogen (secondary N) is 10. The highest BCUT2D eigenvalue weighted by Gasteiger charge is 2.42. The average Bonchev–Trinajstić information content (AvgIpc) is 3.35. The highest BCUT2D eigenvalue weighted by atomic mass is 16.6. The predicted octanol–water partition coefficient (Wildman–Crippen LogP) is 3.65. The van der Waals surface area contributed by atoms with Gasteiger partial charge in [-0.1, -0.05) is 38.5 Å². The summed E-state index contributed by atoms with van der Waals surface area (Å²) in [6.45, 7) is 29.0. The van der Waals surface area contributed by atoms with Crippen LogP contribution in [0.3, 0.4) is 0 Å². The van der Waals surface area contributed by atoms with E-state index in [1.165, 1.54) is 41.9 Å². The van der Waals surface area contributed by atoms with E-state index in [1.807, 2.05) is 0 Å². The lowest BCUT2D eigenvalue weighted by molar-refractivity contribution is -0.145. The van der Waals surface area contributed by atoms with Gasteiger partial charge in [0.2, 0.25) is 47.3 Å². The van der Waals surface area contributed by atoms with Crippen molar-refractivity contribution >= 4 is 71.4 Å². The minimum Gasteiger partial charge on any atom is -0.467 e. The maximum absolute atomic E-state index is 13.2. The van der Waals surface area contributed by atoms with Crippen molar-refractivity contribution in [2.24, 2.45) is 10.8 Å². The highest BCUT2D eigenvalue weighted by molar-refractivity contribution is 5.96. The van der Waals surface area contributed by atoms with E-state index in [4.69, 9.17) is 9.47 Å². The van der Waals surface area contributed by atoms with Crippen molar-refractivity contribution in [3.05, 3.63) is 0 Å². The zero-order chi connectivity index (χ0) is 65.0. The summed E-state index contributed by atoms with van der Waals surface area (Å²) in [6.07, 6.45) is 7.07. The summed E-state index contributed by atoms with van der Waals surface area (Å²) in [5.74, 6) is -4.99. The molecule has 2 fully saturated rings. The van der Waals surface area contributed by atoms with Crippen molar-refractivity contribution < 1.29 is 76.5 Å². The van der Waals surface area contributed by atoms with Crippen LogP contribution in [0.4, 0.5) is 9.59 Å². The molecule has 26 nitrogen and oxygen atoms in total. The number of hydrogen-bond donors (Lipinski definition) is 10. The van der Waals surface area contributed by atoms with Gasteiger partial charge < -0.3 is 72.1 Å². The molecule has 0 aromatic heterocycles. The van der Waals surface area contributed by atoms with Gasteiger partial charge in [0.25, 0.3) is 0 Å². The van der Waals surface area contributed by atoms with Gasteiger partial charge in [-0.3, -0.25) is 38.4 Å². The van der Waals surface area contributed by atoms with Gasteiger partial charge in [-0.05, 0) is 161 Å². The number of rotatable bonds is 24. The Hall–Kier alpha value is -6.76. The van der Waals surface area contributed by atoms with Gasteiger partial charge in [0, 0.05) is 25.9 Å². The first-order chi connectivity index (χ1) is 38.3. The smallest absolute Gasteiger partial charge is 0.408 e. The van der Waals surface area contributed by atoms with Gasteiger partial charge in [0.1, 0.15) is 57.5 Å². The Morgan fingerprint density at radius 2 is 0.655 bits per heavy atom. The number of carbonyl (C=O) groups is 12. The average molecular weight is 1200 g/mol. The zero-order valence-electron chi connectivity index (χ0n) is 53.7. The standard InChI is InChI=1S/2C29H51N5O8/c2*1-18(32-25(40)42-26(3,4)5)21(36)34-27(6,7)23(38)30-17-29(14-12-11-13-15-29)16-20(35)33-28(8,9)24(39)31-19(2)22(37)41-10/h2*18-19H,11-17H2,1-10H3,(H,30,38)(H,31,39)(H,32,40)(H,33,35)(H,34,36)/t2*18-,19-/m00/s1. The number of methoxy groups -OCH3 is 2. The Morgan fingerprint density at radius 1 is 0.381 bits per heavy atom. The minimum atomic E-state index is -1.31. The molecule has 0 aromatic carbocycles. The van der Waals surface area contributed by atoms with Crippen LogP contribution < -0.4 is 53.2 Å². The lowest BCUT2D eigenvalue weighted by Crippen LogP contribution is -2.60. The lowest BCUT2D eigenvalue weighted by atomic mass is 9.71. The molecule has 0 unspecified atom stereocenters. The summed E-state index contributed by atoms with van der Waals surface area (Å²) in [5.41, 5.74) is -7.73. The SMILES string of the molecule is COC(=O)[C@H](C)NC(=O)C(C)(C)NC(=O)CC1(CNC(=O)C(C)(C)NC(=O)[C@H](C)NC(=O)OC(C)(C)C)CCCCC1.COC(=O)[C@H](C)NC(=O)C(C)(C)NC(=O)CC1(CNC(=O)C(C)(C)NC(=O)[C@H](C)NC(=O)OC(C)(C)C)CCCCC1. The van der Waals surface area contributed by atoms with E-state index >= 15 is 0 Å². The molecule has 0 heterocycles. The summed E-state index contributed by atoms with van der Waals surface area (Å²) in [4.78, 5) is 151. The van der Waals surface area contributed by atoms with Crippen LogP contribution in [0, 0.1) is 10.8 Å². The predicted molar refractivity (Wildman–Crippen MR) is 312 cm³/mol. The van der Waals surface area contributed by atoms with Crippen molar-refractivity contribution in [1.29, 1.82) is 0 Å². The van der Waals surface area contributed by atoms with Gasteiger partial charge in [-0.2, -0.15) is 0 Å². The molecule has 0 radical (unpaired) electrons. The zero-order valence-corrected chi connectivity index (χ0v) is 53.7. The van der Waals surface area contributed by atoms with E-state index in [0.29, 0.717) is 25.7 Å². The van der Waals surface area contributed by atoms with E-state index in [9.17, 15) is 57.5 Å². The van der Waals surface area contributed by atoms with Gasteiger partial charge in [0.15, 0.2) is 0 Å². The van der Waals surface area contributed by atoms with Crippen LogP contribution in [0.2, 0.25) is 0 Å². The Morgan fingerprint density at radius 3 is 0.917 bits per heavy atom. The van der Waals surface area contributed by atoms with Crippen LogP contribution in [0.25, 0.3) is 0 Å². The first kappa shape index (κ1) is 75.3. The normalized spacial score (nSPS) is 16.6. The van der Waals surface area contributed by atoms with Crippen molar-refractivity contribution in [2.75, 3.05) is 27.3 Å². The number of carbonyl (C=O) groups excluding carboxylic acids is 12. The molecule has 2 aliphatic carbocycles. The van der Waals surface area contributed by atoms with Crippen LogP contribution in [0.5, 0.6) is 0 Å². The summed E-state index contributed by atoms with van der Waals surface area (Å²) >= 11 is 0. The molecule has 10 N–H and O–H groups in total. The third-order valence-electron chi connectivity index (χ3n) is 14.3. The molecule has 4 atom stereocenters. The molecule has 0 aliphatic heterocycles. The number of amides is 10. The number of alkyl carbamates (subject to hydrolysis) is 2. The van der Waals surface area contributed by atoms with E-state index in [2.05, 4.69) is 62.6 Å². The van der Waals surface area contributed by atoms with Crippen LogP contribution in [0.1, 0.15) is 202 Å². The maximum atomic E-state index is 13.2. The maximum Gasteiger partial charge on any atom is 0.408 e. The van der Waals surface area contributed by atoms with E-state index in [-0.39, 0.29) is 37.7 Å². The van der Waals surface area contributed by atoms with Crippen LogP contribution in [-0.2, 0) is 66.9 Å². The molecular formula is C58H102N10O16. The molecule has 480 valence electrons. The van der Waals surface area contributed by atoms with Crippen molar-refractivity contribution in [3.8, 4) is 0 Å². The van der Waals surface area contributed by atoms with Gasteiger partial charge in [-0.15, -0.1) is 0 Å². The summed E-state index contributed by atoms with van der Waals surface area (Å²) < 4.78 is 19.6.